The Balaban J connectivity index is 1.96. The number of halogens is 1. The Bertz CT molecular complexity index is 729. The van der Waals surface area contributed by atoms with Gasteiger partial charge >= 0.3 is 6.03 Å². The lowest BCUT2D eigenvalue weighted by Crippen LogP contribution is -2.27. The summed E-state index contributed by atoms with van der Waals surface area (Å²) in [6.07, 6.45) is 4.06. The van der Waals surface area contributed by atoms with Gasteiger partial charge in [-0.05, 0) is 43.5 Å². The molecule has 4 nitrogen and oxygen atoms in total. The van der Waals surface area contributed by atoms with Crippen molar-refractivity contribution in [1.82, 2.24) is 9.47 Å². The van der Waals surface area contributed by atoms with Crippen LogP contribution in [-0.2, 0) is 0 Å². The van der Waals surface area contributed by atoms with Crippen LogP contribution in [0.25, 0.3) is 5.69 Å². The van der Waals surface area contributed by atoms with E-state index in [-0.39, 0.29) is 6.03 Å². The number of nitrogens with zero attached hydrogens (tertiary/aromatic N) is 3. The molecule has 1 saturated heterocycles. The zero-order valence-electron chi connectivity index (χ0n) is 11.8. The van der Waals surface area contributed by atoms with Crippen molar-refractivity contribution < 1.29 is 4.79 Å². The van der Waals surface area contributed by atoms with E-state index in [2.05, 4.69) is 4.99 Å². The Morgan fingerprint density at radius 3 is 2.81 bits per heavy atom. The minimum atomic E-state index is -0.144. The molecule has 0 bridgehead atoms. The average molecular weight is 322 g/mol. The van der Waals surface area contributed by atoms with Crippen LogP contribution in [0.2, 0.25) is 5.02 Å². The number of aryl methyl sites for hydroxylation is 1. The predicted molar refractivity (Wildman–Crippen MR) is 85.2 cm³/mol. The maximum atomic E-state index is 12.1. The van der Waals surface area contributed by atoms with Crippen molar-refractivity contribution in [2.75, 3.05) is 13.1 Å². The Hall–Kier alpha value is -1.59. The van der Waals surface area contributed by atoms with Gasteiger partial charge in [-0.3, -0.25) is 4.57 Å². The molecule has 0 aliphatic carbocycles. The van der Waals surface area contributed by atoms with Crippen LogP contribution in [0.1, 0.15) is 18.4 Å². The van der Waals surface area contributed by atoms with Crippen LogP contribution in [0.3, 0.4) is 0 Å². The minimum Gasteiger partial charge on any atom is -0.323 e. The molecule has 1 aromatic carbocycles. The highest BCUT2D eigenvalue weighted by Gasteiger charge is 2.17. The van der Waals surface area contributed by atoms with Crippen LogP contribution in [0.5, 0.6) is 0 Å². The predicted octanol–water partition coefficient (Wildman–Crippen LogP) is 3.62. The highest BCUT2D eigenvalue weighted by Crippen LogP contribution is 2.18. The molecule has 1 aliphatic rings. The van der Waals surface area contributed by atoms with Crippen LogP contribution in [0.15, 0.2) is 34.8 Å². The molecule has 1 aliphatic heterocycles. The molecular formula is C15H16ClN3OS. The lowest BCUT2D eigenvalue weighted by molar-refractivity contribution is 0.218. The van der Waals surface area contributed by atoms with E-state index in [1.54, 1.807) is 4.90 Å². The standard InChI is InChI=1S/C15H16ClN3OS/c1-11-10-12(4-5-13(11)16)19-8-9-21-15(19)17-14(20)18-6-2-3-7-18/h4-5,8-10H,2-3,6-7H2,1H3/b17-15-. The van der Waals surface area contributed by atoms with Gasteiger partial charge in [-0.25, -0.2) is 4.79 Å². The third kappa shape index (κ3) is 3.04. The van der Waals surface area contributed by atoms with Gasteiger partial charge in [0.15, 0.2) is 4.80 Å². The molecule has 2 aromatic rings. The number of carbonyl (C=O) groups is 1. The van der Waals surface area contributed by atoms with Gasteiger partial charge in [0.1, 0.15) is 0 Å². The average Bonchev–Trinajstić information content (AvgIpc) is 3.13. The van der Waals surface area contributed by atoms with Gasteiger partial charge < -0.3 is 4.90 Å². The summed E-state index contributed by atoms with van der Waals surface area (Å²) < 4.78 is 1.92. The Morgan fingerprint density at radius 2 is 2.10 bits per heavy atom. The molecule has 0 N–H and O–H groups in total. The Morgan fingerprint density at radius 1 is 1.33 bits per heavy atom. The summed E-state index contributed by atoms with van der Waals surface area (Å²) in [6, 6.07) is 5.65. The number of amides is 2. The summed E-state index contributed by atoms with van der Waals surface area (Å²) in [5, 5.41) is 2.67. The lowest BCUT2D eigenvalue weighted by Gasteiger charge is -2.11. The lowest BCUT2D eigenvalue weighted by atomic mass is 10.2. The fraction of sp³-hybridized carbons (Fsp3) is 0.333. The molecule has 0 spiro atoms. The SMILES string of the molecule is Cc1cc(-n2ccs/c2=N\C(=O)N2CCCC2)ccc1Cl. The molecule has 0 radical (unpaired) electrons. The molecule has 0 unspecified atom stereocenters. The molecular weight excluding hydrogens is 306 g/mol. The van der Waals surface area contributed by atoms with E-state index in [9.17, 15) is 4.79 Å². The highest BCUT2D eigenvalue weighted by atomic mass is 35.5. The van der Waals surface area contributed by atoms with E-state index < -0.39 is 0 Å². The summed E-state index contributed by atoms with van der Waals surface area (Å²) >= 11 is 7.52. The van der Waals surface area contributed by atoms with Crippen LogP contribution in [-0.4, -0.2) is 28.6 Å². The van der Waals surface area contributed by atoms with Crippen molar-refractivity contribution >= 4 is 29.0 Å². The molecule has 3 rings (SSSR count). The first-order valence-electron chi connectivity index (χ1n) is 6.91. The molecule has 6 heteroatoms. The number of hydrogen-bond donors (Lipinski definition) is 0. The van der Waals surface area contributed by atoms with Crippen molar-refractivity contribution in [3.05, 3.63) is 45.2 Å². The van der Waals surface area contributed by atoms with Crippen molar-refractivity contribution in [3.63, 3.8) is 0 Å². The number of rotatable bonds is 1. The molecule has 1 aromatic heterocycles. The van der Waals surface area contributed by atoms with Gasteiger partial charge in [0.25, 0.3) is 0 Å². The molecule has 21 heavy (non-hydrogen) atoms. The number of carbonyl (C=O) groups excluding carboxylic acids is 1. The molecule has 1 fully saturated rings. The van der Waals surface area contributed by atoms with Crippen molar-refractivity contribution in [2.45, 2.75) is 19.8 Å². The van der Waals surface area contributed by atoms with E-state index >= 15 is 0 Å². The first-order chi connectivity index (χ1) is 10.1. The summed E-state index contributed by atoms with van der Waals surface area (Å²) in [6.45, 7) is 3.59. The van der Waals surface area contributed by atoms with Crippen LogP contribution < -0.4 is 4.80 Å². The second kappa shape index (κ2) is 6.03. The van der Waals surface area contributed by atoms with Gasteiger partial charge in [0.2, 0.25) is 0 Å². The van der Waals surface area contributed by atoms with Crippen molar-refractivity contribution in [2.24, 2.45) is 4.99 Å². The third-order valence-corrected chi connectivity index (χ3v) is 4.76. The van der Waals surface area contributed by atoms with Gasteiger partial charge in [-0.15, -0.1) is 11.3 Å². The number of thiazole rings is 1. The smallest absolute Gasteiger partial charge is 0.323 e. The number of likely N-dealkylation sites (tertiary alicyclic amines) is 1. The third-order valence-electron chi connectivity index (χ3n) is 3.58. The summed E-state index contributed by atoms with van der Waals surface area (Å²) in [5.41, 5.74) is 1.97. The van der Waals surface area contributed by atoms with Gasteiger partial charge in [0.05, 0.1) is 0 Å². The fourth-order valence-electron chi connectivity index (χ4n) is 2.39. The Labute approximate surface area is 132 Å². The minimum absolute atomic E-state index is 0.144. The first kappa shape index (κ1) is 14.4. The Kier molecular flexibility index (Phi) is 4.12. The normalized spacial score (nSPS) is 15.7. The number of urea groups is 1. The topological polar surface area (TPSA) is 37.6 Å². The number of aromatic nitrogens is 1. The van der Waals surface area contributed by atoms with Crippen molar-refractivity contribution in [1.29, 1.82) is 0 Å². The molecule has 2 heterocycles. The van der Waals surface area contributed by atoms with Crippen LogP contribution in [0.4, 0.5) is 4.79 Å². The number of hydrogen-bond acceptors (Lipinski definition) is 2. The summed E-state index contributed by atoms with van der Waals surface area (Å²) in [4.78, 5) is 18.9. The molecule has 2 amide bonds. The van der Waals surface area contributed by atoms with Crippen LogP contribution in [0, 0.1) is 6.92 Å². The molecule has 0 saturated carbocycles. The molecule has 110 valence electrons. The summed E-state index contributed by atoms with van der Waals surface area (Å²) in [7, 11) is 0. The zero-order valence-corrected chi connectivity index (χ0v) is 13.3. The number of benzene rings is 1. The maximum Gasteiger partial charge on any atom is 0.346 e. The van der Waals surface area contributed by atoms with Crippen LogP contribution >= 0.6 is 22.9 Å². The van der Waals surface area contributed by atoms with E-state index in [1.165, 1.54) is 11.3 Å². The van der Waals surface area contributed by atoms with E-state index in [0.717, 1.165) is 42.2 Å². The second-order valence-corrected chi connectivity index (χ2v) is 6.36. The van der Waals surface area contributed by atoms with E-state index in [4.69, 9.17) is 11.6 Å². The van der Waals surface area contributed by atoms with Gasteiger partial charge in [-0.1, -0.05) is 11.6 Å². The van der Waals surface area contributed by atoms with Gasteiger partial charge in [0, 0.05) is 35.4 Å². The largest absolute Gasteiger partial charge is 0.346 e. The van der Waals surface area contributed by atoms with Crippen molar-refractivity contribution in [3.8, 4) is 5.69 Å². The summed E-state index contributed by atoms with van der Waals surface area (Å²) in [5.74, 6) is 0. The van der Waals surface area contributed by atoms with E-state index in [0.29, 0.717) is 4.80 Å². The van der Waals surface area contributed by atoms with Gasteiger partial charge in [-0.2, -0.15) is 4.99 Å². The zero-order chi connectivity index (χ0) is 14.8. The maximum absolute atomic E-state index is 12.1. The van der Waals surface area contributed by atoms with E-state index in [1.807, 2.05) is 41.3 Å². The quantitative estimate of drug-likeness (QED) is 0.790. The first-order valence-corrected chi connectivity index (χ1v) is 8.17. The highest BCUT2D eigenvalue weighted by molar-refractivity contribution is 7.07. The second-order valence-electron chi connectivity index (χ2n) is 5.08. The fourth-order valence-corrected chi connectivity index (χ4v) is 3.22. The molecule has 0 atom stereocenters. The monoisotopic (exact) mass is 321 g/mol.